The molecule has 0 fully saturated rings. The highest BCUT2D eigenvalue weighted by Crippen LogP contribution is 2.30. The number of ether oxygens (including phenoxy) is 2. The summed E-state index contributed by atoms with van der Waals surface area (Å²) in [6, 6.07) is 13.6. The Kier molecular flexibility index (Phi) is 5.16. The molecular formula is C21H22N2O4. The fourth-order valence-corrected chi connectivity index (χ4v) is 3.15. The van der Waals surface area contributed by atoms with Crippen molar-refractivity contribution in [2.24, 2.45) is 0 Å². The molecule has 3 rings (SSSR count). The van der Waals surface area contributed by atoms with E-state index < -0.39 is 6.04 Å². The first kappa shape index (κ1) is 18.5. The van der Waals surface area contributed by atoms with Crippen LogP contribution < -0.4 is 20.3 Å². The number of pyridine rings is 1. The second-order valence-electron chi connectivity index (χ2n) is 6.29. The molecule has 0 bridgehead atoms. The number of para-hydroxylation sites is 1. The highest BCUT2D eigenvalue weighted by atomic mass is 16.5. The number of hydrogen-bond donors (Lipinski definition) is 1. The molecule has 0 aliphatic rings. The molecule has 0 saturated carbocycles. The predicted molar refractivity (Wildman–Crippen MR) is 106 cm³/mol. The summed E-state index contributed by atoms with van der Waals surface area (Å²) in [5, 5.41) is 3.79. The Morgan fingerprint density at radius 1 is 1.04 bits per heavy atom. The number of nitrogens with one attached hydrogen (secondary N) is 1. The number of anilines is 1. The molecule has 1 unspecified atom stereocenters. The molecule has 2 aromatic carbocycles. The lowest BCUT2D eigenvalue weighted by Crippen LogP contribution is -2.31. The van der Waals surface area contributed by atoms with E-state index in [-0.39, 0.29) is 11.5 Å². The van der Waals surface area contributed by atoms with Crippen molar-refractivity contribution in [3.63, 3.8) is 0 Å². The number of aromatic nitrogens is 1. The van der Waals surface area contributed by atoms with Crippen molar-refractivity contribution in [3.8, 4) is 11.5 Å². The van der Waals surface area contributed by atoms with Gasteiger partial charge in [-0.2, -0.15) is 0 Å². The Bertz CT molecular complexity index is 1060. The number of carbonyl (C=O) groups is 1. The Hall–Kier alpha value is -3.28. The van der Waals surface area contributed by atoms with Crippen molar-refractivity contribution < 1.29 is 14.3 Å². The topological polar surface area (TPSA) is 69.6 Å². The zero-order chi connectivity index (χ0) is 19.6. The van der Waals surface area contributed by atoms with Crippen LogP contribution >= 0.6 is 0 Å². The van der Waals surface area contributed by atoms with E-state index in [4.69, 9.17) is 9.47 Å². The third-order valence-electron chi connectivity index (χ3n) is 4.58. The molecule has 1 amide bonds. The number of carbonyl (C=O) groups excluding carboxylic acids is 1. The van der Waals surface area contributed by atoms with Crippen LogP contribution in [0.1, 0.15) is 18.5 Å². The van der Waals surface area contributed by atoms with Gasteiger partial charge in [-0.25, -0.2) is 0 Å². The highest BCUT2D eigenvalue weighted by Gasteiger charge is 2.19. The summed E-state index contributed by atoms with van der Waals surface area (Å²) in [5.41, 5.74) is 1.98. The summed E-state index contributed by atoms with van der Waals surface area (Å²) in [5.74, 6) is 0.795. The molecule has 0 radical (unpaired) electrons. The van der Waals surface area contributed by atoms with Gasteiger partial charge in [0, 0.05) is 23.2 Å². The van der Waals surface area contributed by atoms with Gasteiger partial charge in [-0.1, -0.05) is 18.2 Å². The van der Waals surface area contributed by atoms with E-state index in [1.165, 1.54) is 11.7 Å². The summed E-state index contributed by atoms with van der Waals surface area (Å²) < 4.78 is 12.0. The van der Waals surface area contributed by atoms with Crippen LogP contribution in [0.2, 0.25) is 0 Å². The molecule has 0 aliphatic carbocycles. The van der Waals surface area contributed by atoms with E-state index in [1.807, 2.05) is 31.2 Å². The second-order valence-corrected chi connectivity index (χ2v) is 6.29. The Morgan fingerprint density at radius 3 is 2.44 bits per heavy atom. The molecule has 140 valence electrons. The molecule has 6 nitrogen and oxygen atoms in total. The normalized spacial score (nSPS) is 11.9. The average molecular weight is 366 g/mol. The molecule has 1 atom stereocenters. The molecule has 1 N–H and O–H groups in total. The van der Waals surface area contributed by atoms with E-state index in [9.17, 15) is 9.59 Å². The molecule has 1 aromatic heterocycles. The van der Waals surface area contributed by atoms with Crippen molar-refractivity contribution in [2.75, 3.05) is 19.5 Å². The second kappa shape index (κ2) is 7.53. The van der Waals surface area contributed by atoms with E-state index in [2.05, 4.69) is 5.32 Å². The van der Waals surface area contributed by atoms with Gasteiger partial charge in [-0.05, 0) is 37.6 Å². The first-order chi connectivity index (χ1) is 13.0. The minimum absolute atomic E-state index is 0.207. The van der Waals surface area contributed by atoms with Crippen LogP contribution in [-0.2, 0) is 4.79 Å². The van der Waals surface area contributed by atoms with Crippen LogP contribution in [0, 0.1) is 6.92 Å². The Balaban J connectivity index is 1.95. The average Bonchev–Trinajstić information content (AvgIpc) is 2.67. The summed E-state index contributed by atoms with van der Waals surface area (Å²) in [6.45, 7) is 3.60. The minimum Gasteiger partial charge on any atom is -0.493 e. The maximum atomic E-state index is 12.8. The molecule has 1 heterocycles. The summed E-state index contributed by atoms with van der Waals surface area (Å²) in [6.07, 6.45) is 0. The number of amides is 1. The van der Waals surface area contributed by atoms with Gasteiger partial charge in [0.25, 0.3) is 5.56 Å². The van der Waals surface area contributed by atoms with E-state index in [0.717, 1.165) is 16.5 Å². The number of aryl methyl sites for hydroxylation is 1. The van der Waals surface area contributed by atoms with Gasteiger partial charge < -0.3 is 14.8 Å². The molecule has 6 heteroatoms. The van der Waals surface area contributed by atoms with E-state index in [0.29, 0.717) is 17.2 Å². The van der Waals surface area contributed by atoms with Gasteiger partial charge in [0.15, 0.2) is 11.5 Å². The molecule has 0 aliphatic heterocycles. The zero-order valence-electron chi connectivity index (χ0n) is 15.8. The van der Waals surface area contributed by atoms with Gasteiger partial charge >= 0.3 is 0 Å². The number of nitrogens with zero attached hydrogens (tertiary/aromatic N) is 1. The van der Waals surface area contributed by atoms with Crippen molar-refractivity contribution in [2.45, 2.75) is 19.9 Å². The quantitative estimate of drug-likeness (QED) is 0.750. The number of benzene rings is 2. The largest absolute Gasteiger partial charge is 0.493 e. The SMILES string of the molecule is COc1ccc(NC(=O)C(C)n2c(=O)cc(C)c3ccccc32)cc1OC. The lowest BCUT2D eigenvalue weighted by Gasteiger charge is -2.19. The number of fused-ring (bicyclic) bond motifs is 1. The van der Waals surface area contributed by atoms with Crippen LogP contribution in [0.15, 0.2) is 53.3 Å². The smallest absolute Gasteiger partial charge is 0.252 e. The highest BCUT2D eigenvalue weighted by molar-refractivity contribution is 5.95. The first-order valence-electron chi connectivity index (χ1n) is 8.60. The van der Waals surface area contributed by atoms with Crippen LogP contribution in [-0.4, -0.2) is 24.7 Å². The standard InChI is InChI=1S/C21H22N2O4/c1-13-11-20(24)23(17-8-6-5-7-16(13)17)14(2)21(25)22-15-9-10-18(26-3)19(12-15)27-4/h5-12,14H,1-4H3,(H,22,25). The van der Waals surface area contributed by atoms with Crippen LogP contribution in [0.3, 0.4) is 0 Å². The van der Waals surface area contributed by atoms with Crippen molar-refractivity contribution in [3.05, 3.63) is 64.4 Å². The summed E-state index contributed by atoms with van der Waals surface area (Å²) in [7, 11) is 3.08. The van der Waals surface area contributed by atoms with Crippen LogP contribution in [0.5, 0.6) is 11.5 Å². The lowest BCUT2D eigenvalue weighted by molar-refractivity contribution is -0.118. The number of rotatable bonds is 5. The fraction of sp³-hybridized carbons (Fsp3) is 0.238. The van der Waals surface area contributed by atoms with Crippen molar-refractivity contribution in [1.29, 1.82) is 0 Å². The Morgan fingerprint density at radius 2 is 1.74 bits per heavy atom. The third-order valence-corrected chi connectivity index (χ3v) is 4.58. The monoisotopic (exact) mass is 366 g/mol. The predicted octanol–water partition coefficient (Wildman–Crippen LogP) is 3.53. The summed E-state index contributed by atoms with van der Waals surface area (Å²) >= 11 is 0. The molecule has 0 spiro atoms. The van der Waals surface area contributed by atoms with E-state index >= 15 is 0 Å². The zero-order valence-corrected chi connectivity index (χ0v) is 15.8. The third kappa shape index (κ3) is 3.51. The lowest BCUT2D eigenvalue weighted by atomic mass is 10.1. The molecule has 27 heavy (non-hydrogen) atoms. The maximum absolute atomic E-state index is 12.8. The van der Waals surface area contributed by atoms with Crippen molar-refractivity contribution >= 4 is 22.5 Å². The van der Waals surface area contributed by atoms with Gasteiger partial charge in [0.05, 0.1) is 19.7 Å². The van der Waals surface area contributed by atoms with Gasteiger partial charge in [-0.15, -0.1) is 0 Å². The fourth-order valence-electron chi connectivity index (χ4n) is 3.15. The Labute approximate surface area is 157 Å². The van der Waals surface area contributed by atoms with Crippen LogP contribution in [0.4, 0.5) is 5.69 Å². The molecule has 0 saturated heterocycles. The van der Waals surface area contributed by atoms with Crippen LogP contribution in [0.25, 0.3) is 10.9 Å². The minimum atomic E-state index is -0.684. The van der Waals surface area contributed by atoms with E-state index in [1.54, 1.807) is 38.3 Å². The summed E-state index contributed by atoms with van der Waals surface area (Å²) in [4.78, 5) is 25.4. The molecular weight excluding hydrogens is 344 g/mol. The number of methoxy groups -OCH3 is 2. The maximum Gasteiger partial charge on any atom is 0.252 e. The molecule has 3 aromatic rings. The van der Waals surface area contributed by atoms with Gasteiger partial charge in [-0.3, -0.25) is 14.2 Å². The first-order valence-corrected chi connectivity index (χ1v) is 8.60. The number of hydrogen-bond acceptors (Lipinski definition) is 4. The van der Waals surface area contributed by atoms with Gasteiger partial charge in [0.2, 0.25) is 5.91 Å². The van der Waals surface area contributed by atoms with Crippen molar-refractivity contribution in [1.82, 2.24) is 4.57 Å². The van der Waals surface area contributed by atoms with Gasteiger partial charge in [0.1, 0.15) is 6.04 Å².